The highest BCUT2D eigenvalue weighted by atomic mass is 19.4. The van der Waals surface area contributed by atoms with Gasteiger partial charge in [0.15, 0.2) is 0 Å². The lowest BCUT2D eigenvalue weighted by atomic mass is 9.68. The van der Waals surface area contributed by atoms with Gasteiger partial charge in [-0.1, -0.05) is 30.2 Å². The molecule has 4 aliphatic rings. The van der Waals surface area contributed by atoms with Crippen LogP contribution in [0.2, 0.25) is 0 Å². The quantitative estimate of drug-likeness (QED) is 0.404. The average molecular weight is 478 g/mol. The normalized spacial score (nSPS) is 29.8. The van der Waals surface area contributed by atoms with Crippen molar-refractivity contribution in [2.75, 3.05) is 32.7 Å². The van der Waals surface area contributed by atoms with Crippen LogP contribution < -0.4 is 10.1 Å². The van der Waals surface area contributed by atoms with Crippen LogP contribution in [0.4, 0.5) is 13.2 Å². The average Bonchev–Trinajstić information content (AvgIpc) is 2.81. The molecule has 4 atom stereocenters. The monoisotopic (exact) mass is 477 g/mol. The van der Waals surface area contributed by atoms with Crippen molar-refractivity contribution < 1.29 is 17.9 Å². The van der Waals surface area contributed by atoms with Crippen molar-refractivity contribution in [3.8, 4) is 5.75 Å². The molecule has 0 spiro atoms. The molecule has 0 radical (unpaired) electrons. The summed E-state index contributed by atoms with van der Waals surface area (Å²) < 4.78 is 40.8. The van der Waals surface area contributed by atoms with Gasteiger partial charge in [-0.15, -0.1) is 13.2 Å². The molecule has 0 aromatic heterocycles. The number of halogens is 3. The smallest absolute Gasteiger partial charge is 0.406 e. The van der Waals surface area contributed by atoms with Gasteiger partial charge in [0, 0.05) is 25.2 Å². The number of rotatable bonds is 8. The molecule has 1 N–H and O–H groups in total. The van der Waals surface area contributed by atoms with Crippen LogP contribution in [0.5, 0.6) is 5.75 Å². The highest BCUT2D eigenvalue weighted by Gasteiger charge is 2.45. The van der Waals surface area contributed by atoms with Gasteiger partial charge in [-0.3, -0.25) is 9.80 Å². The van der Waals surface area contributed by atoms with E-state index in [2.05, 4.69) is 25.9 Å². The molecule has 0 amide bonds. The molecule has 0 saturated carbocycles. The highest BCUT2D eigenvalue weighted by Crippen LogP contribution is 2.45. The summed E-state index contributed by atoms with van der Waals surface area (Å²) in [6, 6.07) is 7.59. The van der Waals surface area contributed by atoms with Crippen LogP contribution in [0.15, 0.2) is 35.9 Å². The standard InChI is InChI=1S/C27H38F3N3O/c28-27(29,30)34-24-10-8-20(9-11-24)18-31-12-2-4-13-32-15-5-6-21-16-22-17-23(26(21)32)19-33-14-3-1-7-25(22)33/h8-11,16,22-23,25-26,31H,1-7,12-15,17-19H2/t22-,23+,25+,26+/m0/s1. The molecule has 7 heteroatoms. The number of fused-ring (bicyclic) bond motifs is 6. The Hall–Kier alpha value is -1.57. The van der Waals surface area contributed by atoms with Crippen molar-refractivity contribution in [3.05, 3.63) is 41.5 Å². The van der Waals surface area contributed by atoms with Gasteiger partial charge in [-0.25, -0.2) is 0 Å². The summed E-state index contributed by atoms with van der Waals surface area (Å²) in [6.45, 7) is 6.57. The van der Waals surface area contributed by atoms with E-state index in [1.165, 1.54) is 76.7 Å². The first kappa shape index (κ1) is 24.1. The van der Waals surface area contributed by atoms with E-state index in [-0.39, 0.29) is 5.75 Å². The summed E-state index contributed by atoms with van der Waals surface area (Å²) in [7, 11) is 0. The van der Waals surface area contributed by atoms with Gasteiger partial charge < -0.3 is 10.1 Å². The van der Waals surface area contributed by atoms with Gasteiger partial charge in [0.1, 0.15) is 5.75 Å². The van der Waals surface area contributed by atoms with Gasteiger partial charge in [0.2, 0.25) is 0 Å². The number of nitrogens with one attached hydrogen (secondary N) is 1. The molecule has 2 bridgehead atoms. The van der Waals surface area contributed by atoms with Gasteiger partial charge in [0.25, 0.3) is 0 Å². The number of nitrogens with zero attached hydrogens (tertiary/aromatic N) is 2. The summed E-state index contributed by atoms with van der Waals surface area (Å²) >= 11 is 0. The van der Waals surface area contributed by atoms with Gasteiger partial charge in [-0.2, -0.15) is 0 Å². The topological polar surface area (TPSA) is 27.7 Å². The molecule has 3 aliphatic heterocycles. The van der Waals surface area contributed by atoms with Crippen LogP contribution in [0.1, 0.15) is 56.9 Å². The molecular weight excluding hydrogens is 439 g/mol. The van der Waals surface area contributed by atoms with Crippen LogP contribution in [-0.2, 0) is 6.54 Å². The predicted molar refractivity (Wildman–Crippen MR) is 128 cm³/mol. The number of hydrogen-bond acceptors (Lipinski definition) is 4. The summed E-state index contributed by atoms with van der Waals surface area (Å²) in [5.74, 6) is 1.43. The number of ether oxygens (including phenoxy) is 1. The van der Waals surface area contributed by atoms with Gasteiger partial charge >= 0.3 is 6.36 Å². The van der Waals surface area contributed by atoms with E-state index in [4.69, 9.17) is 0 Å². The molecule has 188 valence electrons. The highest BCUT2D eigenvalue weighted by molar-refractivity contribution is 5.27. The Morgan fingerprint density at radius 2 is 1.88 bits per heavy atom. The second-order valence-corrected chi connectivity index (χ2v) is 10.6. The zero-order chi connectivity index (χ0) is 23.5. The molecule has 5 rings (SSSR count). The lowest BCUT2D eigenvalue weighted by Crippen LogP contribution is -2.59. The summed E-state index contributed by atoms with van der Waals surface area (Å²) in [5, 5.41) is 3.43. The number of piperidine rings is 3. The van der Waals surface area contributed by atoms with Crippen LogP contribution >= 0.6 is 0 Å². The maximum atomic E-state index is 12.3. The molecule has 0 unspecified atom stereocenters. The van der Waals surface area contributed by atoms with Crippen molar-refractivity contribution in [1.82, 2.24) is 15.1 Å². The second kappa shape index (κ2) is 10.6. The molecule has 3 heterocycles. The molecule has 1 aliphatic carbocycles. The molecular formula is C27H38F3N3O. The maximum absolute atomic E-state index is 12.3. The van der Waals surface area contributed by atoms with E-state index in [1.54, 1.807) is 17.7 Å². The summed E-state index contributed by atoms with van der Waals surface area (Å²) in [5.41, 5.74) is 2.71. The molecule has 3 saturated heterocycles. The fraction of sp³-hybridized carbons (Fsp3) is 0.704. The Morgan fingerprint density at radius 1 is 1.03 bits per heavy atom. The number of benzene rings is 1. The Balaban J connectivity index is 1.05. The van der Waals surface area contributed by atoms with Crippen LogP contribution in [0.25, 0.3) is 0 Å². The van der Waals surface area contributed by atoms with E-state index in [0.29, 0.717) is 12.6 Å². The third-order valence-corrected chi connectivity index (χ3v) is 8.30. The van der Waals surface area contributed by atoms with E-state index >= 15 is 0 Å². The lowest BCUT2D eigenvalue weighted by Gasteiger charge is -2.55. The van der Waals surface area contributed by atoms with Crippen molar-refractivity contribution in [2.24, 2.45) is 11.8 Å². The molecule has 1 aromatic rings. The minimum atomic E-state index is -4.64. The fourth-order valence-electron chi connectivity index (χ4n) is 6.94. The van der Waals surface area contributed by atoms with Crippen LogP contribution in [-0.4, -0.2) is 61.0 Å². The van der Waals surface area contributed by atoms with E-state index in [9.17, 15) is 13.2 Å². The first-order valence-electron chi connectivity index (χ1n) is 13.2. The molecule has 1 aromatic carbocycles. The third kappa shape index (κ3) is 5.80. The zero-order valence-corrected chi connectivity index (χ0v) is 20.0. The molecule has 4 nitrogen and oxygen atoms in total. The minimum Gasteiger partial charge on any atom is -0.406 e. The maximum Gasteiger partial charge on any atom is 0.573 e. The van der Waals surface area contributed by atoms with Crippen molar-refractivity contribution >= 4 is 0 Å². The predicted octanol–water partition coefficient (Wildman–Crippen LogP) is 5.35. The van der Waals surface area contributed by atoms with Crippen molar-refractivity contribution in [1.29, 1.82) is 0 Å². The third-order valence-electron chi connectivity index (χ3n) is 8.30. The van der Waals surface area contributed by atoms with E-state index in [1.807, 2.05) is 0 Å². The Kier molecular flexibility index (Phi) is 7.52. The molecule has 34 heavy (non-hydrogen) atoms. The van der Waals surface area contributed by atoms with Gasteiger partial charge in [0.05, 0.1) is 0 Å². The van der Waals surface area contributed by atoms with Crippen molar-refractivity contribution in [3.63, 3.8) is 0 Å². The minimum absolute atomic E-state index is 0.172. The largest absolute Gasteiger partial charge is 0.573 e. The second-order valence-electron chi connectivity index (χ2n) is 10.6. The lowest BCUT2D eigenvalue weighted by molar-refractivity contribution is -0.274. The van der Waals surface area contributed by atoms with Gasteiger partial charge in [-0.05, 0) is 101 Å². The number of unbranched alkanes of at least 4 members (excludes halogenated alkanes) is 1. The van der Waals surface area contributed by atoms with E-state index in [0.717, 1.165) is 43.0 Å². The SMILES string of the molecule is FC(F)(F)Oc1ccc(CNCCCCN2CCCC3=C[C@H]4C[C@H](CN5CCCC[C@H]45)[C@@H]32)cc1. The Labute approximate surface area is 201 Å². The van der Waals surface area contributed by atoms with E-state index < -0.39 is 6.36 Å². The van der Waals surface area contributed by atoms with Crippen LogP contribution in [0, 0.1) is 11.8 Å². The first-order valence-corrected chi connectivity index (χ1v) is 13.2. The number of likely N-dealkylation sites (tertiary alicyclic amines) is 1. The first-order chi connectivity index (χ1) is 16.5. The number of alkyl halides is 3. The summed E-state index contributed by atoms with van der Waals surface area (Å²) in [6.07, 6.45) is 8.51. The van der Waals surface area contributed by atoms with Crippen LogP contribution in [0.3, 0.4) is 0 Å². The zero-order valence-electron chi connectivity index (χ0n) is 20.0. The van der Waals surface area contributed by atoms with Crippen molar-refractivity contribution in [2.45, 2.75) is 76.4 Å². The number of hydrogen-bond donors (Lipinski definition) is 1. The Morgan fingerprint density at radius 3 is 2.71 bits per heavy atom. The fourth-order valence-corrected chi connectivity index (χ4v) is 6.94. The Bertz CT molecular complexity index is 841. The molecule has 3 fully saturated rings. The summed E-state index contributed by atoms with van der Waals surface area (Å²) in [4.78, 5) is 5.59.